The molecule has 2 aromatic rings. The molecule has 17 heavy (non-hydrogen) atoms. The maximum absolute atomic E-state index is 13.2. The first kappa shape index (κ1) is 12.7. The fourth-order valence-corrected chi connectivity index (χ4v) is 3.27. The molecule has 2 rings (SSSR count). The highest BCUT2D eigenvalue weighted by molar-refractivity contribution is 9.10. The Labute approximate surface area is 113 Å². The van der Waals surface area contributed by atoms with Crippen molar-refractivity contribution in [3.8, 4) is 0 Å². The third kappa shape index (κ3) is 3.37. The minimum atomic E-state index is -0.185. The average Bonchev–Trinajstić information content (AvgIpc) is 2.72. The maximum atomic E-state index is 13.2. The van der Waals surface area contributed by atoms with Crippen LogP contribution in [0.3, 0.4) is 0 Å². The molecule has 90 valence electrons. The molecule has 0 saturated heterocycles. The van der Waals surface area contributed by atoms with Gasteiger partial charge in [-0.25, -0.2) is 4.39 Å². The molecule has 0 fully saturated rings. The molecule has 0 aliphatic carbocycles. The lowest BCUT2D eigenvalue weighted by molar-refractivity contribution is 0.580. The summed E-state index contributed by atoms with van der Waals surface area (Å²) in [4.78, 5) is 1.28. The van der Waals surface area contributed by atoms with Crippen molar-refractivity contribution >= 4 is 27.3 Å². The van der Waals surface area contributed by atoms with Crippen molar-refractivity contribution in [3.63, 3.8) is 0 Å². The van der Waals surface area contributed by atoms with Gasteiger partial charge in [0.25, 0.3) is 0 Å². The van der Waals surface area contributed by atoms with Crippen molar-refractivity contribution in [1.82, 2.24) is 5.32 Å². The Kier molecular flexibility index (Phi) is 4.31. The summed E-state index contributed by atoms with van der Waals surface area (Å²) in [7, 11) is 1.90. The standard InChI is InChI=1S/C13H13BrFNS/c1-16-13(7-12-6-10(14)8-17-12)9-3-2-4-11(15)5-9/h2-6,8,13,16H,7H2,1H3. The highest BCUT2D eigenvalue weighted by atomic mass is 79.9. The van der Waals surface area contributed by atoms with Crippen LogP contribution in [0, 0.1) is 5.82 Å². The minimum Gasteiger partial charge on any atom is -0.313 e. The van der Waals surface area contributed by atoms with Crippen molar-refractivity contribution in [2.24, 2.45) is 0 Å². The number of halogens is 2. The number of rotatable bonds is 4. The van der Waals surface area contributed by atoms with E-state index >= 15 is 0 Å². The molecular formula is C13H13BrFNS. The molecule has 0 bridgehead atoms. The van der Waals surface area contributed by atoms with Crippen LogP contribution in [0.4, 0.5) is 4.39 Å². The monoisotopic (exact) mass is 313 g/mol. The summed E-state index contributed by atoms with van der Waals surface area (Å²) >= 11 is 5.15. The second kappa shape index (κ2) is 5.76. The predicted molar refractivity (Wildman–Crippen MR) is 73.9 cm³/mol. The van der Waals surface area contributed by atoms with Gasteiger partial charge >= 0.3 is 0 Å². The molecule has 4 heteroatoms. The molecule has 1 unspecified atom stereocenters. The number of likely N-dealkylation sites (N-methyl/N-ethyl adjacent to an activating group) is 1. The molecule has 0 radical (unpaired) electrons. The minimum absolute atomic E-state index is 0.149. The van der Waals surface area contributed by atoms with E-state index in [0.29, 0.717) is 0 Å². The van der Waals surface area contributed by atoms with Crippen LogP contribution in [0.5, 0.6) is 0 Å². The van der Waals surface area contributed by atoms with E-state index < -0.39 is 0 Å². The number of nitrogens with one attached hydrogen (secondary N) is 1. The lowest BCUT2D eigenvalue weighted by Crippen LogP contribution is -2.18. The van der Waals surface area contributed by atoms with Gasteiger partial charge in [0.1, 0.15) is 5.82 Å². The summed E-state index contributed by atoms with van der Waals surface area (Å²) in [6.45, 7) is 0. The molecule has 0 spiro atoms. The van der Waals surface area contributed by atoms with Gasteiger partial charge in [0.05, 0.1) is 0 Å². The highest BCUT2D eigenvalue weighted by Crippen LogP contribution is 2.25. The average molecular weight is 314 g/mol. The van der Waals surface area contributed by atoms with E-state index in [4.69, 9.17) is 0 Å². The van der Waals surface area contributed by atoms with Crippen LogP contribution in [0.2, 0.25) is 0 Å². The smallest absolute Gasteiger partial charge is 0.123 e. The van der Waals surface area contributed by atoms with Crippen molar-refractivity contribution < 1.29 is 4.39 Å². The fraction of sp³-hybridized carbons (Fsp3) is 0.231. The highest BCUT2D eigenvalue weighted by Gasteiger charge is 2.11. The maximum Gasteiger partial charge on any atom is 0.123 e. The molecule has 1 nitrogen and oxygen atoms in total. The zero-order chi connectivity index (χ0) is 12.3. The van der Waals surface area contributed by atoms with Crippen molar-refractivity contribution in [2.75, 3.05) is 7.05 Å². The van der Waals surface area contributed by atoms with Crippen LogP contribution in [-0.4, -0.2) is 7.05 Å². The second-order valence-corrected chi connectivity index (χ2v) is 5.74. The molecular weight excluding hydrogens is 301 g/mol. The summed E-state index contributed by atoms with van der Waals surface area (Å²) in [5.74, 6) is -0.185. The summed E-state index contributed by atoms with van der Waals surface area (Å²) < 4.78 is 14.3. The van der Waals surface area contributed by atoms with Gasteiger partial charge in [0.2, 0.25) is 0 Å². The first-order chi connectivity index (χ1) is 8.19. The molecule has 0 saturated carbocycles. The van der Waals surface area contributed by atoms with Crippen molar-refractivity contribution in [2.45, 2.75) is 12.5 Å². The Morgan fingerprint density at radius 2 is 2.24 bits per heavy atom. The summed E-state index contributed by atoms with van der Waals surface area (Å²) in [5.41, 5.74) is 0.983. The van der Waals surface area contributed by atoms with Gasteiger partial charge in [-0.3, -0.25) is 0 Å². The lowest BCUT2D eigenvalue weighted by atomic mass is 10.0. The van der Waals surface area contributed by atoms with Crippen LogP contribution >= 0.6 is 27.3 Å². The molecule has 0 amide bonds. The van der Waals surface area contributed by atoms with E-state index in [1.807, 2.05) is 13.1 Å². The lowest BCUT2D eigenvalue weighted by Gasteiger charge is -2.15. The van der Waals surface area contributed by atoms with Gasteiger partial charge in [-0.15, -0.1) is 11.3 Å². The topological polar surface area (TPSA) is 12.0 Å². The summed E-state index contributed by atoms with van der Waals surface area (Å²) in [5, 5.41) is 5.29. The number of hydrogen-bond donors (Lipinski definition) is 1. The van der Waals surface area contributed by atoms with Gasteiger partial charge < -0.3 is 5.32 Å². The Hall–Kier alpha value is -0.710. The number of thiophene rings is 1. The molecule has 1 atom stereocenters. The largest absolute Gasteiger partial charge is 0.313 e. The van der Waals surface area contributed by atoms with E-state index in [-0.39, 0.29) is 11.9 Å². The number of benzene rings is 1. The first-order valence-electron chi connectivity index (χ1n) is 5.34. The molecule has 1 heterocycles. The third-order valence-electron chi connectivity index (χ3n) is 2.63. The molecule has 1 aromatic heterocycles. The predicted octanol–water partition coefficient (Wildman–Crippen LogP) is 4.15. The van der Waals surface area contributed by atoms with Crippen LogP contribution in [0.15, 0.2) is 40.2 Å². The zero-order valence-electron chi connectivity index (χ0n) is 9.41. The Morgan fingerprint density at radius 1 is 1.41 bits per heavy atom. The molecule has 1 aromatic carbocycles. The molecule has 0 aliphatic rings. The Bertz CT molecular complexity index is 498. The van der Waals surface area contributed by atoms with E-state index in [2.05, 4.69) is 32.7 Å². The Morgan fingerprint density at radius 3 is 2.82 bits per heavy atom. The van der Waals surface area contributed by atoms with Crippen LogP contribution in [0.25, 0.3) is 0 Å². The summed E-state index contributed by atoms with van der Waals surface area (Å²) in [6.07, 6.45) is 0.871. The van der Waals surface area contributed by atoms with Crippen molar-refractivity contribution in [1.29, 1.82) is 0 Å². The third-order valence-corrected chi connectivity index (χ3v) is 4.35. The van der Waals surface area contributed by atoms with E-state index in [1.165, 1.54) is 10.9 Å². The van der Waals surface area contributed by atoms with Crippen molar-refractivity contribution in [3.05, 3.63) is 56.4 Å². The summed E-state index contributed by atoms with van der Waals surface area (Å²) in [6, 6.07) is 9.01. The van der Waals surface area contributed by atoms with Gasteiger partial charge in [0.15, 0.2) is 0 Å². The van der Waals surface area contributed by atoms with Crippen LogP contribution in [-0.2, 0) is 6.42 Å². The second-order valence-electron chi connectivity index (χ2n) is 3.83. The fourth-order valence-electron chi connectivity index (χ4n) is 1.77. The van der Waals surface area contributed by atoms with Crippen LogP contribution in [0.1, 0.15) is 16.5 Å². The number of hydrogen-bond acceptors (Lipinski definition) is 2. The van der Waals surface area contributed by atoms with Crippen LogP contribution < -0.4 is 5.32 Å². The quantitative estimate of drug-likeness (QED) is 0.894. The van der Waals surface area contributed by atoms with Gasteiger partial charge in [-0.2, -0.15) is 0 Å². The zero-order valence-corrected chi connectivity index (χ0v) is 11.8. The van der Waals surface area contributed by atoms with E-state index in [0.717, 1.165) is 16.5 Å². The van der Waals surface area contributed by atoms with E-state index in [1.54, 1.807) is 23.5 Å². The molecule has 1 N–H and O–H groups in total. The van der Waals surface area contributed by atoms with E-state index in [9.17, 15) is 4.39 Å². The Balaban J connectivity index is 2.16. The SMILES string of the molecule is CNC(Cc1cc(Br)cs1)c1cccc(F)c1. The normalized spacial score (nSPS) is 12.6. The van der Waals surface area contributed by atoms with Gasteiger partial charge in [-0.1, -0.05) is 12.1 Å². The first-order valence-corrected chi connectivity index (χ1v) is 7.02. The molecule has 0 aliphatic heterocycles. The van der Waals surface area contributed by atoms with Gasteiger partial charge in [0, 0.05) is 27.2 Å². The van der Waals surface area contributed by atoms with Gasteiger partial charge in [-0.05, 0) is 46.7 Å².